The van der Waals surface area contributed by atoms with E-state index in [1.165, 1.54) is 0 Å². The summed E-state index contributed by atoms with van der Waals surface area (Å²) in [5.74, 6) is 1.34. The highest BCUT2D eigenvalue weighted by molar-refractivity contribution is 5.98. The molecule has 6 rings (SSSR count). The lowest BCUT2D eigenvalue weighted by Crippen LogP contribution is -2.46. The first-order chi connectivity index (χ1) is 17.2. The largest absolute Gasteiger partial charge is 0.351 e. The average molecular weight is 465 g/mol. The number of hydrogen-bond acceptors (Lipinski definition) is 6. The van der Waals surface area contributed by atoms with Crippen LogP contribution in [-0.2, 0) is 0 Å². The van der Waals surface area contributed by atoms with Crippen LogP contribution in [0.25, 0.3) is 33.4 Å². The van der Waals surface area contributed by atoms with Crippen LogP contribution in [0.5, 0.6) is 0 Å². The van der Waals surface area contributed by atoms with Crippen LogP contribution >= 0.6 is 0 Å². The van der Waals surface area contributed by atoms with Crippen molar-refractivity contribution in [1.82, 2.24) is 35.4 Å². The van der Waals surface area contributed by atoms with Gasteiger partial charge in [0.05, 0.1) is 6.20 Å². The van der Waals surface area contributed by atoms with Gasteiger partial charge < -0.3 is 20.5 Å². The van der Waals surface area contributed by atoms with Crippen molar-refractivity contribution in [3.8, 4) is 22.5 Å². The number of H-pyrrole nitrogens is 2. The summed E-state index contributed by atoms with van der Waals surface area (Å²) < 4.78 is 0. The number of piperazine rings is 1. The second-order valence-electron chi connectivity index (χ2n) is 8.48. The topological polar surface area (TPSA) is 115 Å². The maximum absolute atomic E-state index is 12.9. The van der Waals surface area contributed by atoms with E-state index in [1.807, 2.05) is 65.7 Å². The molecule has 0 spiro atoms. The Bertz CT molecular complexity index is 1470. The number of hydrogen-bond donors (Lipinski definition) is 4. The molecule has 3 aromatic heterocycles. The highest BCUT2D eigenvalue weighted by Crippen LogP contribution is 2.25. The molecule has 0 unspecified atom stereocenters. The first-order valence-electron chi connectivity index (χ1n) is 11.6. The Hall–Kier alpha value is -4.50. The van der Waals surface area contributed by atoms with Crippen LogP contribution in [-0.4, -0.2) is 62.1 Å². The zero-order valence-corrected chi connectivity index (χ0v) is 19.0. The lowest BCUT2D eigenvalue weighted by atomic mass is 10.1. The van der Waals surface area contributed by atoms with E-state index in [-0.39, 0.29) is 5.91 Å². The predicted molar refractivity (Wildman–Crippen MR) is 135 cm³/mol. The first kappa shape index (κ1) is 21.1. The van der Waals surface area contributed by atoms with Crippen LogP contribution in [0.2, 0.25) is 0 Å². The summed E-state index contributed by atoms with van der Waals surface area (Å²) >= 11 is 0. The maximum Gasteiger partial charge on any atom is 0.270 e. The molecule has 2 aromatic carbocycles. The molecule has 0 bridgehead atoms. The molecular weight excluding hydrogens is 440 g/mol. The summed E-state index contributed by atoms with van der Waals surface area (Å²) in [7, 11) is 0. The minimum absolute atomic E-state index is 0.0329. The third-order valence-corrected chi connectivity index (χ3v) is 6.16. The lowest BCUT2D eigenvalue weighted by molar-refractivity contribution is 0.0731. The van der Waals surface area contributed by atoms with Gasteiger partial charge in [0.15, 0.2) is 5.82 Å². The van der Waals surface area contributed by atoms with Crippen molar-refractivity contribution >= 4 is 28.3 Å². The van der Waals surface area contributed by atoms with Gasteiger partial charge in [-0.1, -0.05) is 24.3 Å². The Labute approximate surface area is 201 Å². The van der Waals surface area contributed by atoms with Gasteiger partial charge in [-0.05, 0) is 35.9 Å². The number of benzene rings is 2. The smallest absolute Gasteiger partial charge is 0.270 e. The van der Waals surface area contributed by atoms with E-state index in [1.54, 1.807) is 12.4 Å². The number of carbonyl (C=O) groups excluding carboxylic acids is 1. The number of rotatable bonds is 5. The van der Waals surface area contributed by atoms with Crippen molar-refractivity contribution in [3.63, 3.8) is 0 Å². The molecule has 1 fully saturated rings. The van der Waals surface area contributed by atoms with Gasteiger partial charge in [0.1, 0.15) is 11.5 Å². The number of carbonyl (C=O) groups is 1. The fourth-order valence-electron chi connectivity index (χ4n) is 4.29. The van der Waals surface area contributed by atoms with Crippen LogP contribution in [0.15, 0.2) is 73.2 Å². The molecule has 9 nitrogen and oxygen atoms in total. The number of nitrogens with zero attached hydrogens (tertiary/aromatic N) is 4. The van der Waals surface area contributed by atoms with E-state index in [9.17, 15) is 4.79 Å². The Balaban J connectivity index is 1.21. The van der Waals surface area contributed by atoms with Gasteiger partial charge in [-0.25, -0.2) is 9.97 Å². The number of aromatic amines is 2. The third-order valence-electron chi connectivity index (χ3n) is 6.16. The van der Waals surface area contributed by atoms with Crippen molar-refractivity contribution in [3.05, 3.63) is 78.9 Å². The Morgan fingerprint density at radius 3 is 2.57 bits per heavy atom. The van der Waals surface area contributed by atoms with Gasteiger partial charge in [-0.3, -0.25) is 9.89 Å². The SMILES string of the molecule is O=C(c1cc2ccc(-c3nccc(Nc4ccc(-c5cn[nH]c5)cc4)n3)cc2[nH]1)N1CCNCC1. The zero-order valence-electron chi connectivity index (χ0n) is 19.0. The summed E-state index contributed by atoms with van der Waals surface area (Å²) in [4.78, 5) is 27.2. The van der Waals surface area contributed by atoms with E-state index in [0.29, 0.717) is 17.3 Å². The van der Waals surface area contributed by atoms with Crippen molar-refractivity contribution in [2.45, 2.75) is 0 Å². The molecule has 0 saturated carbocycles. The van der Waals surface area contributed by atoms with Crippen molar-refractivity contribution in [2.24, 2.45) is 0 Å². The standard InChI is InChI=1S/C26H24N8O/c35-26(34-11-9-27-10-12-34)23-13-18-1-2-19(14-22(18)32-23)25-28-8-7-24(33-25)31-21-5-3-17(4-6-21)20-15-29-30-16-20/h1-8,13-16,27,32H,9-12H2,(H,29,30)(H,28,31,33). The Kier molecular flexibility index (Phi) is 5.44. The van der Waals surface area contributed by atoms with Crippen LogP contribution in [0.1, 0.15) is 10.5 Å². The molecule has 5 aromatic rings. The molecule has 1 amide bonds. The number of anilines is 2. The third kappa shape index (κ3) is 4.36. The zero-order chi connectivity index (χ0) is 23.6. The monoisotopic (exact) mass is 464 g/mol. The minimum atomic E-state index is 0.0329. The molecular formula is C26H24N8O. The normalized spacial score (nSPS) is 13.8. The van der Waals surface area contributed by atoms with Gasteiger partial charge >= 0.3 is 0 Å². The second kappa shape index (κ2) is 9.03. The molecule has 35 heavy (non-hydrogen) atoms. The summed E-state index contributed by atoms with van der Waals surface area (Å²) in [6, 6.07) is 17.8. The van der Waals surface area contributed by atoms with Gasteiger partial charge in [0.2, 0.25) is 0 Å². The van der Waals surface area contributed by atoms with Crippen molar-refractivity contribution < 1.29 is 4.79 Å². The number of nitrogens with one attached hydrogen (secondary N) is 4. The highest BCUT2D eigenvalue weighted by atomic mass is 16.2. The Morgan fingerprint density at radius 2 is 1.77 bits per heavy atom. The second-order valence-corrected chi connectivity index (χ2v) is 8.48. The number of amides is 1. The van der Waals surface area contributed by atoms with Crippen molar-refractivity contribution in [2.75, 3.05) is 31.5 Å². The van der Waals surface area contributed by atoms with E-state index in [0.717, 1.165) is 59.5 Å². The van der Waals surface area contributed by atoms with Gasteiger partial charge in [0.25, 0.3) is 5.91 Å². The molecule has 1 aliphatic heterocycles. The number of aromatic nitrogens is 5. The molecule has 1 aliphatic rings. The fraction of sp³-hybridized carbons (Fsp3) is 0.154. The molecule has 1 saturated heterocycles. The molecule has 4 heterocycles. The van der Waals surface area contributed by atoms with Crippen LogP contribution < -0.4 is 10.6 Å². The van der Waals surface area contributed by atoms with Crippen LogP contribution in [0.3, 0.4) is 0 Å². The quantitative estimate of drug-likeness (QED) is 0.315. The molecule has 174 valence electrons. The van der Waals surface area contributed by atoms with Gasteiger partial charge in [0, 0.05) is 66.3 Å². The molecule has 0 aliphatic carbocycles. The average Bonchev–Trinajstić information content (AvgIpc) is 3.59. The molecule has 0 radical (unpaired) electrons. The van der Waals surface area contributed by atoms with E-state index < -0.39 is 0 Å². The molecule has 4 N–H and O–H groups in total. The number of fused-ring (bicyclic) bond motifs is 1. The summed E-state index contributed by atoms with van der Waals surface area (Å²) in [5.41, 5.74) is 5.42. The van der Waals surface area contributed by atoms with Crippen molar-refractivity contribution in [1.29, 1.82) is 0 Å². The maximum atomic E-state index is 12.9. The molecule has 0 atom stereocenters. The summed E-state index contributed by atoms with van der Waals surface area (Å²) in [6.07, 6.45) is 5.40. The Morgan fingerprint density at radius 1 is 0.943 bits per heavy atom. The van der Waals surface area contributed by atoms with E-state index >= 15 is 0 Å². The van der Waals surface area contributed by atoms with Crippen LogP contribution in [0, 0.1) is 0 Å². The van der Waals surface area contributed by atoms with E-state index in [4.69, 9.17) is 4.98 Å². The lowest BCUT2D eigenvalue weighted by Gasteiger charge is -2.26. The summed E-state index contributed by atoms with van der Waals surface area (Å²) in [6.45, 7) is 3.09. The van der Waals surface area contributed by atoms with E-state index in [2.05, 4.69) is 30.8 Å². The first-order valence-corrected chi connectivity index (χ1v) is 11.6. The fourth-order valence-corrected chi connectivity index (χ4v) is 4.29. The van der Waals surface area contributed by atoms with Gasteiger partial charge in [-0.2, -0.15) is 5.10 Å². The molecule has 9 heteroatoms. The highest BCUT2D eigenvalue weighted by Gasteiger charge is 2.19. The predicted octanol–water partition coefficient (Wildman–Crippen LogP) is 3.80. The summed E-state index contributed by atoms with van der Waals surface area (Å²) in [5, 5.41) is 14.4. The van der Waals surface area contributed by atoms with Gasteiger partial charge in [-0.15, -0.1) is 0 Å². The minimum Gasteiger partial charge on any atom is -0.351 e. The van der Waals surface area contributed by atoms with Crippen LogP contribution in [0.4, 0.5) is 11.5 Å².